The molecule has 0 aromatic carbocycles. The van der Waals surface area contributed by atoms with Gasteiger partial charge in [-0.2, -0.15) is 0 Å². The maximum atomic E-state index is 2.48. The maximum absolute atomic E-state index is 2.48. The van der Waals surface area contributed by atoms with E-state index in [9.17, 15) is 0 Å². The van der Waals surface area contributed by atoms with Gasteiger partial charge in [-0.3, -0.25) is 0 Å². The normalized spacial score (nSPS) is 33.5. The maximum Gasteiger partial charge on any atom is -0.0269 e. The van der Waals surface area contributed by atoms with E-state index in [1.807, 2.05) is 0 Å². The second kappa shape index (κ2) is 6.25. The first-order valence-corrected chi connectivity index (χ1v) is 8.32. The molecule has 0 aromatic heterocycles. The van der Waals surface area contributed by atoms with Crippen molar-refractivity contribution in [3.63, 3.8) is 0 Å². The molecule has 2 unspecified atom stereocenters. The minimum Gasteiger partial charge on any atom is -0.0654 e. The summed E-state index contributed by atoms with van der Waals surface area (Å²) in [6.07, 6.45) is 18.1. The predicted molar refractivity (Wildman–Crippen MR) is 76.2 cm³/mol. The van der Waals surface area contributed by atoms with E-state index < -0.39 is 0 Å². The van der Waals surface area contributed by atoms with Crippen LogP contribution >= 0.6 is 0 Å². The summed E-state index contributed by atoms with van der Waals surface area (Å²) in [5.41, 5.74) is 0.762. The Kier molecular flexibility index (Phi) is 4.94. The van der Waals surface area contributed by atoms with Gasteiger partial charge in [0.25, 0.3) is 0 Å². The van der Waals surface area contributed by atoms with Gasteiger partial charge in [-0.1, -0.05) is 71.6 Å². The largest absolute Gasteiger partial charge is 0.0654 e. The summed E-state index contributed by atoms with van der Waals surface area (Å²) in [6, 6.07) is 0. The molecule has 0 spiro atoms. The van der Waals surface area contributed by atoms with Crippen molar-refractivity contribution in [1.82, 2.24) is 0 Å². The zero-order chi connectivity index (χ0) is 12.1. The van der Waals surface area contributed by atoms with Gasteiger partial charge in [0, 0.05) is 0 Å². The van der Waals surface area contributed by atoms with Gasteiger partial charge in [0.15, 0.2) is 0 Å². The molecule has 2 fully saturated rings. The molecule has 0 aromatic rings. The van der Waals surface area contributed by atoms with Crippen LogP contribution in [0.4, 0.5) is 0 Å². The Balaban J connectivity index is 2.09. The summed E-state index contributed by atoms with van der Waals surface area (Å²) >= 11 is 0. The lowest BCUT2D eigenvalue weighted by Crippen LogP contribution is -2.38. The zero-order valence-electron chi connectivity index (χ0n) is 12.1. The highest BCUT2D eigenvalue weighted by Gasteiger charge is 2.42. The van der Waals surface area contributed by atoms with E-state index in [4.69, 9.17) is 0 Å². The molecule has 0 heterocycles. The van der Waals surface area contributed by atoms with Crippen molar-refractivity contribution >= 4 is 0 Å². The summed E-state index contributed by atoms with van der Waals surface area (Å²) in [6.45, 7) is 4.86. The Hall–Kier alpha value is 0. The van der Waals surface area contributed by atoms with E-state index in [1.165, 1.54) is 51.4 Å². The standard InChI is InChI=1S/C17H32/c1-3-10-15-11-6-7-12-16(15)17(4-2)13-8-5-9-14-17/h15-16H,3-14H2,1-2H3. The Morgan fingerprint density at radius 1 is 0.882 bits per heavy atom. The molecule has 0 heteroatoms. The van der Waals surface area contributed by atoms with Crippen molar-refractivity contribution in [2.75, 3.05) is 0 Å². The third kappa shape index (κ3) is 2.88. The van der Waals surface area contributed by atoms with Crippen LogP contribution < -0.4 is 0 Å². The SMILES string of the molecule is CCCC1CCCCC1C1(CC)CCCCC1. The third-order valence-corrected chi connectivity index (χ3v) is 5.91. The molecule has 100 valence electrons. The molecule has 2 aliphatic carbocycles. The fourth-order valence-electron chi connectivity index (χ4n) is 4.97. The summed E-state index contributed by atoms with van der Waals surface area (Å²) < 4.78 is 0. The van der Waals surface area contributed by atoms with Crippen LogP contribution in [-0.2, 0) is 0 Å². The first-order chi connectivity index (χ1) is 8.32. The first kappa shape index (κ1) is 13.4. The topological polar surface area (TPSA) is 0 Å². The molecule has 0 nitrogen and oxygen atoms in total. The monoisotopic (exact) mass is 236 g/mol. The highest BCUT2D eigenvalue weighted by atomic mass is 14.5. The van der Waals surface area contributed by atoms with Crippen LogP contribution in [0.5, 0.6) is 0 Å². The molecule has 0 bridgehead atoms. The van der Waals surface area contributed by atoms with Gasteiger partial charge in [-0.25, -0.2) is 0 Å². The van der Waals surface area contributed by atoms with Crippen molar-refractivity contribution in [2.24, 2.45) is 17.3 Å². The first-order valence-electron chi connectivity index (χ1n) is 8.32. The predicted octanol–water partition coefficient (Wildman–Crippen LogP) is 5.95. The van der Waals surface area contributed by atoms with Crippen LogP contribution in [0.2, 0.25) is 0 Å². The molecular formula is C17H32. The molecule has 0 saturated heterocycles. The van der Waals surface area contributed by atoms with E-state index in [2.05, 4.69) is 13.8 Å². The van der Waals surface area contributed by atoms with Crippen LogP contribution in [0.15, 0.2) is 0 Å². The summed E-state index contributed by atoms with van der Waals surface area (Å²) in [7, 11) is 0. The Morgan fingerprint density at radius 2 is 1.59 bits per heavy atom. The van der Waals surface area contributed by atoms with Crippen LogP contribution in [-0.4, -0.2) is 0 Å². The van der Waals surface area contributed by atoms with Gasteiger partial charge in [-0.05, 0) is 36.5 Å². The van der Waals surface area contributed by atoms with Gasteiger partial charge in [-0.15, -0.1) is 0 Å². The van der Waals surface area contributed by atoms with E-state index in [0.29, 0.717) is 0 Å². The molecule has 2 saturated carbocycles. The van der Waals surface area contributed by atoms with Gasteiger partial charge in [0.1, 0.15) is 0 Å². The van der Waals surface area contributed by atoms with Gasteiger partial charge in [0.05, 0.1) is 0 Å². The minimum absolute atomic E-state index is 0.762. The second-order valence-corrected chi connectivity index (χ2v) is 6.72. The Bertz CT molecular complexity index is 210. The molecular weight excluding hydrogens is 204 g/mol. The highest BCUT2D eigenvalue weighted by Crippen LogP contribution is 2.53. The Labute approximate surface area is 109 Å². The van der Waals surface area contributed by atoms with Gasteiger partial charge in [0.2, 0.25) is 0 Å². The van der Waals surface area contributed by atoms with Gasteiger partial charge < -0.3 is 0 Å². The average molecular weight is 236 g/mol. The quantitative estimate of drug-likeness (QED) is 0.565. The van der Waals surface area contributed by atoms with E-state index in [0.717, 1.165) is 17.3 Å². The number of rotatable bonds is 4. The Morgan fingerprint density at radius 3 is 2.24 bits per heavy atom. The molecule has 0 radical (unpaired) electrons. The third-order valence-electron chi connectivity index (χ3n) is 5.91. The molecule has 2 atom stereocenters. The molecule has 0 amide bonds. The number of hydrogen-bond donors (Lipinski definition) is 0. The van der Waals surface area contributed by atoms with E-state index >= 15 is 0 Å². The zero-order valence-corrected chi connectivity index (χ0v) is 12.1. The molecule has 0 N–H and O–H groups in total. The lowest BCUT2D eigenvalue weighted by molar-refractivity contribution is 0.0180. The smallest absolute Gasteiger partial charge is 0.0269 e. The summed E-state index contributed by atoms with van der Waals surface area (Å²) in [5.74, 6) is 2.16. The van der Waals surface area contributed by atoms with Gasteiger partial charge >= 0.3 is 0 Å². The van der Waals surface area contributed by atoms with E-state index in [-0.39, 0.29) is 0 Å². The van der Waals surface area contributed by atoms with Crippen LogP contribution in [0.3, 0.4) is 0 Å². The fraction of sp³-hybridized carbons (Fsp3) is 1.00. The van der Waals surface area contributed by atoms with Crippen LogP contribution in [0, 0.1) is 17.3 Å². The van der Waals surface area contributed by atoms with Crippen molar-refractivity contribution in [1.29, 1.82) is 0 Å². The van der Waals surface area contributed by atoms with Crippen LogP contribution in [0.25, 0.3) is 0 Å². The van der Waals surface area contributed by atoms with E-state index in [1.54, 1.807) is 25.7 Å². The molecule has 2 aliphatic rings. The lowest BCUT2D eigenvalue weighted by Gasteiger charge is -2.49. The molecule has 2 rings (SSSR count). The summed E-state index contributed by atoms with van der Waals surface area (Å²) in [5, 5.41) is 0. The molecule has 0 aliphatic heterocycles. The summed E-state index contributed by atoms with van der Waals surface area (Å²) in [4.78, 5) is 0. The molecule has 17 heavy (non-hydrogen) atoms. The van der Waals surface area contributed by atoms with Crippen molar-refractivity contribution in [3.8, 4) is 0 Å². The fourth-order valence-corrected chi connectivity index (χ4v) is 4.97. The minimum atomic E-state index is 0.762. The van der Waals surface area contributed by atoms with Crippen LogP contribution in [0.1, 0.15) is 90.9 Å². The lowest BCUT2D eigenvalue weighted by atomic mass is 9.56. The number of hydrogen-bond acceptors (Lipinski definition) is 0. The second-order valence-electron chi connectivity index (χ2n) is 6.72. The highest BCUT2D eigenvalue weighted by molar-refractivity contribution is 4.92. The van der Waals surface area contributed by atoms with Crippen molar-refractivity contribution in [2.45, 2.75) is 90.9 Å². The average Bonchev–Trinajstić information content (AvgIpc) is 2.40. The van der Waals surface area contributed by atoms with Crippen molar-refractivity contribution in [3.05, 3.63) is 0 Å². The van der Waals surface area contributed by atoms with Crippen molar-refractivity contribution < 1.29 is 0 Å².